The van der Waals surface area contributed by atoms with Crippen LogP contribution in [0.4, 0.5) is 0 Å². The normalized spacial score (nSPS) is 11.9. The summed E-state index contributed by atoms with van der Waals surface area (Å²) in [5, 5.41) is 9.16. The lowest BCUT2D eigenvalue weighted by Crippen LogP contribution is -2.25. The van der Waals surface area contributed by atoms with Crippen LogP contribution in [-0.2, 0) is 4.57 Å². The number of aryl methyl sites for hydroxylation is 2. The van der Waals surface area contributed by atoms with E-state index in [1.807, 2.05) is 72.8 Å². The molecule has 9 rings (SSSR count). The van der Waals surface area contributed by atoms with Crippen LogP contribution in [0.1, 0.15) is 11.1 Å². The molecule has 0 radical (unpaired) electrons. The Hall–Kier alpha value is -5.89. The van der Waals surface area contributed by atoms with E-state index in [4.69, 9.17) is 9.97 Å². The molecule has 9 aromatic rings. The fraction of sp³-hybridized carbons (Fsp3) is 0.0435. The minimum Gasteiger partial charge on any atom is -0.309 e. The Labute approximate surface area is 291 Å². The Bertz CT molecular complexity index is 2740. The first-order valence-electron chi connectivity index (χ1n) is 17.0. The van der Waals surface area contributed by atoms with Crippen molar-refractivity contribution in [1.82, 2.24) is 9.97 Å². The van der Waals surface area contributed by atoms with Crippen LogP contribution in [0.3, 0.4) is 0 Å². The van der Waals surface area contributed by atoms with Crippen molar-refractivity contribution in [3.05, 3.63) is 175 Å². The van der Waals surface area contributed by atoms with Crippen LogP contribution in [0.15, 0.2) is 164 Å². The smallest absolute Gasteiger partial charge is 0.171 e. The van der Waals surface area contributed by atoms with Gasteiger partial charge in [-0.25, -0.2) is 9.97 Å². The molecule has 2 heterocycles. The van der Waals surface area contributed by atoms with Gasteiger partial charge in [-0.05, 0) is 47.9 Å². The van der Waals surface area contributed by atoms with E-state index in [0.29, 0.717) is 0 Å². The quantitative estimate of drug-likeness (QED) is 0.105. The van der Waals surface area contributed by atoms with Gasteiger partial charge in [-0.1, -0.05) is 152 Å². The zero-order valence-corrected chi connectivity index (χ0v) is 28.7. The fourth-order valence-corrected chi connectivity index (χ4v) is 10.4. The SMILES string of the molecule is Cc1c2c(-c3ccccc3)nc3cc(P(=O)(c4ccccc4)c4ccccc4)ccc3c2c(C)c2c(-c3ccccc3)nc3ccccc3c12. The number of rotatable bonds is 5. The monoisotopic (exact) mass is 660 g/mol. The summed E-state index contributed by atoms with van der Waals surface area (Å²) in [5.74, 6) is 0. The molecule has 0 saturated heterocycles. The van der Waals surface area contributed by atoms with Gasteiger partial charge in [0.05, 0.1) is 22.4 Å². The topological polar surface area (TPSA) is 42.9 Å². The third-order valence-electron chi connectivity index (χ3n) is 10.1. The minimum absolute atomic E-state index is 0.765. The molecule has 0 amide bonds. The zero-order valence-electron chi connectivity index (χ0n) is 27.8. The second-order valence-electron chi connectivity index (χ2n) is 12.9. The number of pyridine rings is 2. The number of aromatic nitrogens is 2. The van der Waals surface area contributed by atoms with Gasteiger partial charge >= 0.3 is 0 Å². The Morgan fingerprint density at radius 3 is 1.34 bits per heavy atom. The van der Waals surface area contributed by atoms with Crippen LogP contribution in [0, 0.1) is 13.8 Å². The Morgan fingerprint density at radius 2 is 0.820 bits per heavy atom. The van der Waals surface area contributed by atoms with E-state index in [2.05, 4.69) is 105 Å². The molecule has 0 aliphatic rings. The van der Waals surface area contributed by atoms with E-state index in [9.17, 15) is 0 Å². The molecule has 2 aromatic heterocycles. The van der Waals surface area contributed by atoms with Crippen LogP contribution in [0.5, 0.6) is 0 Å². The van der Waals surface area contributed by atoms with Crippen molar-refractivity contribution >= 4 is 66.4 Å². The maximum Gasteiger partial charge on any atom is 0.171 e. The predicted molar refractivity (Wildman–Crippen MR) is 212 cm³/mol. The van der Waals surface area contributed by atoms with Crippen molar-refractivity contribution in [1.29, 1.82) is 0 Å². The molecule has 50 heavy (non-hydrogen) atoms. The Kier molecular flexibility index (Phi) is 7.19. The first-order valence-corrected chi connectivity index (χ1v) is 18.7. The molecule has 0 aliphatic carbocycles. The minimum atomic E-state index is -3.21. The van der Waals surface area contributed by atoms with Gasteiger partial charge in [-0.15, -0.1) is 0 Å². The molecule has 0 spiro atoms. The van der Waals surface area contributed by atoms with E-state index < -0.39 is 7.14 Å². The van der Waals surface area contributed by atoms with E-state index >= 15 is 4.57 Å². The van der Waals surface area contributed by atoms with Crippen LogP contribution < -0.4 is 15.9 Å². The van der Waals surface area contributed by atoms with Gasteiger partial charge in [0.15, 0.2) is 7.14 Å². The van der Waals surface area contributed by atoms with Gasteiger partial charge in [0.2, 0.25) is 0 Å². The van der Waals surface area contributed by atoms with Crippen LogP contribution in [0.2, 0.25) is 0 Å². The second-order valence-corrected chi connectivity index (χ2v) is 15.7. The van der Waals surface area contributed by atoms with E-state index in [-0.39, 0.29) is 0 Å². The van der Waals surface area contributed by atoms with Gasteiger partial charge < -0.3 is 4.57 Å². The summed E-state index contributed by atoms with van der Waals surface area (Å²) in [6.45, 7) is 4.46. The lowest BCUT2D eigenvalue weighted by Gasteiger charge is -2.22. The summed E-state index contributed by atoms with van der Waals surface area (Å²) in [6.07, 6.45) is 0. The van der Waals surface area contributed by atoms with Crippen LogP contribution in [-0.4, -0.2) is 9.97 Å². The van der Waals surface area contributed by atoms with E-state index in [0.717, 1.165) is 82.0 Å². The summed E-state index contributed by atoms with van der Waals surface area (Å²) in [6, 6.07) is 55.3. The highest BCUT2D eigenvalue weighted by Crippen LogP contribution is 2.47. The number of hydrogen-bond acceptors (Lipinski definition) is 3. The highest BCUT2D eigenvalue weighted by atomic mass is 31.2. The Morgan fingerprint density at radius 1 is 0.400 bits per heavy atom. The Balaban J connectivity index is 1.45. The highest BCUT2D eigenvalue weighted by Gasteiger charge is 2.31. The average molecular weight is 661 g/mol. The van der Waals surface area contributed by atoms with Crippen molar-refractivity contribution in [2.45, 2.75) is 13.8 Å². The molecule has 0 atom stereocenters. The summed E-state index contributed by atoms with van der Waals surface area (Å²) in [5.41, 5.74) is 8.14. The standard InChI is InChI=1S/C46H33N2OP/c1-30-41-37-25-15-16-26-39(37)47-45(32-17-7-3-8-18-32)43(41)31(2)42-38-28-27-36(29-40(38)48-46(44(30)42)33-19-9-4-10-20-33)50(49,34-21-11-5-12-22-34)35-23-13-6-14-24-35/h3-29H,1-2H3. The number of fused-ring (bicyclic) bond motifs is 6. The molecule has 7 aromatic carbocycles. The molecule has 3 nitrogen and oxygen atoms in total. The summed E-state index contributed by atoms with van der Waals surface area (Å²) >= 11 is 0. The van der Waals surface area contributed by atoms with Gasteiger partial charge in [0, 0.05) is 48.6 Å². The summed E-state index contributed by atoms with van der Waals surface area (Å²) in [4.78, 5) is 10.8. The highest BCUT2D eigenvalue weighted by molar-refractivity contribution is 7.85. The molecule has 0 unspecified atom stereocenters. The largest absolute Gasteiger partial charge is 0.309 e. The molecule has 0 N–H and O–H groups in total. The summed E-state index contributed by atoms with van der Waals surface area (Å²) < 4.78 is 15.5. The molecular formula is C46H33N2OP. The number of benzene rings is 7. The molecule has 4 heteroatoms. The van der Waals surface area contributed by atoms with Crippen LogP contribution in [0.25, 0.3) is 65.9 Å². The van der Waals surface area contributed by atoms with E-state index in [1.165, 1.54) is 10.9 Å². The molecular weight excluding hydrogens is 627 g/mol. The average Bonchev–Trinajstić information content (AvgIpc) is 3.19. The third-order valence-corrected chi connectivity index (χ3v) is 13.1. The van der Waals surface area contributed by atoms with Crippen molar-refractivity contribution in [3.63, 3.8) is 0 Å². The van der Waals surface area contributed by atoms with Crippen molar-refractivity contribution in [2.75, 3.05) is 0 Å². The maximum atomic E-state index is 15.5. The second kappa shape index (κ2) is 11.9. The lowest BCUT2D eigenvalue weighted by atomic mass is 9.86. The molecule has 0 aliphatic heterocycles. The van der Waals surface area contributed by atoms with Gasteiger partial charge in [0.1, 0.15) is 0 Å². The molecule has 238 valence electrons. The van der Waals surface area contributed by atoms with Gasteiger partial charge in [-0.2, -0.15) is 0 Å². The van der Waals surface area contributed by atoms with Gasteiger partial charge in [-0.3, -0.25) is 0 Å². The van der Waals surface area contributed by atoms with Crippen LogP contribution >= 0.6 is 7.14 Å². The van der Waals surface area contributed by atoms with Crippen molar-refractivity contribution in [3.8, 4) is 22.5 Å². The predicted octanol–water partition coefficient (Wildman–Crippen LogP) is 10.7. The number of nitrogens with zero attached hydrogens (tertiary/aromatic N) is 2. The molecule has 0 bridgehead atoms. The number of hydrogen-bond donors (Lipinski definition) is 0. The van der Waals surface area contributed by atoms with Crippen molar-refractivity contribution in [2.24, 2.45) is 0 Å². The first kappa shape index (κ1) is 30.2. The third kappa shape index (κ3) is 4.62. The first-order chi connectivity index (χ1) is 24.5. The van der Waals surface area contributed by atoms with Crippen molar-refractivity contribution < 1.29 is 4.57 Å². The zero-order chi connectivity index (χ0) is 33.8. The summed E-state index contributed by atoms with van der Waals surface area (Å²) in [7, 11) is -3.21. The van der Waals surface area contributed by atoms with Gasteiger partial charge in [0.25, 0.3) is 0 Å². The molecule has 0 saturated carbocycles. The number of para-hydroxylation sites is 1. The fourth-order valence-electron chi connectivity index (χ4n) is 7.75. The molecule has 0 fully saturated rings. The lowest BCUT2D eigenvalue weighted by molar-refractivity contribution is 0.592. The van der Waals surface area contributed by atoms with E-state index in [1.54, 1.807) is 0 Å². The maximum absolute atomic E-state index is 15.5.